The van der Waals surface area contributed by atoms with Crippen LogP contribution in [0.1, 0.15) is 38.2 Å². The number of halogens is 3. The van der Waals surface area contributed by atoms with Crippen molar-refractivity contribution in [1.29, 1.82) is 0 Å². The van der Waals surface area contributed by atoms with Gasteiger partial charge in [0.1, 0.15) is 11.6 Å². The summed E-state index contributed by atoms with van der Waals surface area (Å²) in [5, 5.41) is 2.95. The topological polar surface area (TPSA) is 77.2 Å². The maximum atomic E-state index is 13.3. The van der Waals surface area contributed by atoms with Gasteiger partial charge in [0.25, 0.3) is 0 Å². The molecule has 1 saturated carbocycles. The highest BCUT2D eigenvalue weighted by Crippen LogP contribution is 2.32. The molecule has 3 N–H and O–H groups in total. The number of carbonyl (C=O) groups is 1. The second-order valence-corrected chi connectivity index (χ2v) is 7.05. The van der Waals surface area contributed by atoms with Crippen molar-refractivity contribution < 1.29 is 13.9 Å². The predicted octanol–water partition coefficient (Wildman–Crippen LogP) is 4.38. The first-order chi connectivity index (χ1) is 12.5. The van der Waals surface area contributed by atoms with Crippen molar-refractivity contribution in [3.8, 4) is 11.6 Å². The Balaban J connectivity index is 0.00000196. The van der Waals surface area contributed by atoms with Gasteiger partial charge in [0.2, 0.25) is 11.8 Å². The van der Waals surface area contributed by atoms with E-state index in [1.807, 2.05) is 13.0 Å². The fourth-order valence-corrected chi connectivity index (χ4v) is 3.39. The second kappa shape index (κ2) is 10.6. The molecule has 2 atom stereocenters. The van der Waals surface area contributed by atoms with Gasteiger partial charge in [-0.2, -0.15) is 0 Å². The molecule has 1 heterocycles. The maximum Gasteiger partial charge on any atom is 0.225 e. The van der Waals surface area contributed by atoms with E-state index in [1.165, 1.54) is 12.1 Å². The van der Waals surface area contributed by atoms with Crippen LogP contribution < -0.4 is 15.8 Å². The van der Waals surface area contributed by atoms with Crippen molar-refractivity contribution in [3.63, 3.8) is 0 Å². The number of hydrogen-bond donors (Lipinski definition) is 2. The van der Waals surface area contributed by atoms with E-state index in [0.717, 1.165) is 31.2 Å². The number of nitrogens with two attached hydrogens (primary N) is 1. The van der Waals surface area contributed by atoms with Gasteiger partial charge >= 0.3 is 0 Å². The van der Waals surface area contributed by atoms with Crippen LogP contribution in [0, 0.1) is 11.7 Å². The quantitative estimate of drug-likeness (QED) is 0.738. The Morgan fingerprint density at radius 3 is 2.82 bits per heavy atom. The van der Waals surface area contributed by atoms with Gasteiger partial charge in [-0.25, -0.2) is 9.37 Å². The van der Waals surface area contributed by atoms with E-state index in [-0.39, 0.29) is 49.0 Å². The molecule has 2 unspecified atom stereocenters. The largest absolute Gasteiger partial charge is 0.439 e. The molecular formula is C20H26Cl2FN3O2. The van der Waals surface area contributed by atoms with Crippen LogP contribution in [0.2, 0.25) is 0 Å². The van der Waals surface area contributed by atoms with Gasteiger partial charge in [-0.05, 0) is 38.0 Å². The highest BCUT2D eigenvalue weighted by Gasteiger charge is 2.37. The Kier molecular flexibility index (Phi) is 9.14. The molecule has 0 saturated heterocycles. The number of benzene rings is 1. The summed E-state index contributed by atoms with van der Waals surface area (Å²) in [5.74, 6) is 0.0826. The van der Waals surface area contributed by atoms with Gasteiger partial charge in [-0.15, -0.1) is 24.8 Å². The minimum atomic E-state index is -0.474. The van der Waals surface area contributed by atoms with Crippen LogP contribution >= 0.6 is 24.8 Å². The zero-order chi connectivity index (χ0) is 18.6. The summed E-state index contributed by atoms with van der Waals surface area (Å²) >= 11 is 0. The molecule has 8 heteroatoms. The summed E-state index contributed by atoms with van der Waals surface area (Å²) in [7, 11) is 0. The van der Waals surface area contributed by atoms with Gasteiger partial charge in [0.15, 0.2) is 0 Å². The zero-order valence-electron chi connectivity index (χ0n) is 15.7. The summed E-state index contributed by atoms with van der Waals surface area (Å²) in [6, 6.07) is 9.46. The third-order valence-electron chi connectivity index (χ3n) is 4.88. The molecule has 1 aromatic heterocycles. The third kappa shape index (κ3) is 6.06. The highest BCUT2D eigenvalue weighted by atomic mass is 35.5. The molecule has 0 spiro atoms. The predicted molar refractivity (Wildman–Crippen MR) is 112 cm³/mol. The zero-order valence-corrected chi connectivity index (χ0v) is 17.3. The number of hydrogen-bond acceptors (Lipinski definition) is 4. The molecular weight excluding hydrogens is 404 g/mol. The number of ether oxygens (including phenoxy) is 1. The van der Waals surface area contributed by atoms with E-state index in [1.54, 1.807) is 24.4 Å². The second-order valence-electron chi connectivity index (χ2n) is 7.05. The standard InChI is InChI=1S/C20H24FN3O2.2ClH/c1-20(22)10-3-2-9-17(20)18(25)24-13-14-6-5-11-23-19(14)26-16-8-4-7-15(21)12-16;;/h4-8,11-12,17H,2-3,9-10,13,22H2,1H3,(H,24,25);2*1H. The van der Waals surface area contributed by atoms with E-state index in [2.05, 4.69) is 10.3 Å². The monoisotopic (exact) mass is 429 g/mol. The molecule has 1 aliphatic carbocycles. The number of nitrogens with zero attached hydrogens (tertiary/aromatic N) is 1. The van der Waals surface area contributed by atoms with Crippen molar-refractivity contribution in [2.45, 2.75) is 44.7 Å². The lowest BCUT2D eigenvalue weighted by Crippen LogP contribution is -2.52. The van der Waals surface area contributed by atoms with Crippen LogP contribution in [-0.2, 0) is 11.3 Å². The first-order valence-electron chi connectivity index (χ1n) is 8.89. The Labute approximate surface area is 177 Å². The summed E-state index contributed by atoms with van der Waals surface area (Å²) in [6.45, 7) is 2.23. The molecule has 3 rings (SSSR count). The van der Waals surface area contributed by atoms with Crippen LogP contribution in [0.15, 0.2) is 42.6 Å². The number of rotatable bonds is 5. The minimum Gasteiger partial charge on any atom is -0.439 e. The molecule has 1 aliphatic rings. The lowest BCUT2D eigenvalue weighted by atomic mass is 9.74. The number of nitrogens with one attached hydrogen (secondary N) is 1. The molecule has 0 aliphatic heterocycles. The third-order valence-corrected chi connectivity index (χ3v) is 4.88. The van der Waals surface area contributed by atoms with E-state index in [0.29, 0.717) is 11.6 Å². The Morgan fingerprint density at radius 1 is 1.32 bits per heavy atom. The molecule has 1 aromatic carbocycles. The van der Waals surface area contributed by atoms with Crippen molar-refractivity contribution in [2.75, 3.05) is 0 Å². The van der Waals surface area contributed by atoms with Crippen LogP contribution in [0.3, 0.4) is 0 Å². The normalized spacial score (nSPS) is 21.0. The van der Waals surface area contributed by atoms with E-state index < -0.39 is 5.54 Å². The number of carbonyl (C=O) groups excluding carboxylic acids is 1. The van der Waals surface area contributed by atoms with Crippen molar-refractivity contribution in [1.82, 2.24) is 10.3 Å². The van der Waals surface area contributed by atoms with E-state index >= 15 is 0 Å². The fourth-order valence-electron chi connectivity index (χ4n) is 3.39. The highest BCUT2D eigenvalue weighted by molar-refractivity contribution is 5.85. The van der Waals surface area contributed by atoms with Crippen molar-refractivity contribution >= 4 is 30.7 Å². The van der Waals surface area contributed by atoms with Gasteiger partial charge in [-0.1, -0.05) is 25.0 Å². The average Bonchev–Trinajstić information content (AvgIpc) is 2.60. The van der Waals surface area contributed by atoms with Crippen LogP contribution in [0.4, 0.5) is 4.39 Å². The molecule has 1 fully saturated rings. The summed E-state index contributed by atoms with van der Waals surface area (Å²) < 4.78 is 19.0. The minimum absolute atomic E-state index is 0. The van der Waals surface area contributed by atoms with Gasteiger partial charge < -0.3 is 15.8 Å². The molecule has 1 amide bonds. The molecule has 0 radical (unpaired) electrons. The first-order valence-corrected chi connectivity index (χ1v) is 8.89. The Bertz CT molecular complexity index is 790. The number of amides is 1. The molecule has 28 heavy (non-hydrogen) atoms. The summed E-state index contributed by atoms with van der Waals surface area (Å²) in [5.41, 5.74) is 6.55. The number of aromatic nitrogens is 1. The summed E-state index contributed by atoms with van der Waals surface area (Å²) in [4.78, 5) is 16.8. The SMILES string of the molecule is CC1(N)CCCCC1C(=O)NCc1cccnc1Oc1cccc(F)c1.Cl.Cl. The van der Waals surface area contributed by atoms with Gasteiger partial charge in [0, 0.05) is 29.9 Å². The van der Waals surface area contributed by atoms with Crippen LogP contribution in [0.5, 0.6) is 11.6 Å². The van der Waals surface area contributed by atoms with Crippen LogP contribution in [-0.4, -0.2) is 16.4 Å². The Hall–Kier alpha value is -1.89. The summed E-state index contributed by atoms with van der Waals surface area (Å²) in [6.07, 6.45) is 5.33. The smallest absolute Gasteiger partial charge is 0.225 e. The van der Waals surface area contributed by atoms with Crippen LogP contribution in [0.25, 0.3) is 0 Å². The van der Waals surface area contributed by atoms with Gasteiger partial charge in [-0.3, -0.25) is 4.79 Å². The lowest BCUT2D eigenvalue weighted by molar-refractivity contribution is -0.128. The van der Waals surface area contributed by atoms with E-state index in [4.69, 9.17) is 10.5 Å². The maximum absolute atomic E-state index is 13.3. The lowest BCUT2D eigenvalue weighted by Gasteiger charge is -2.37. The molecule has 0 bridgehead atoms. The average molecular weight is 430 g/mol. The molecule has 5 nitrogen and oxygen atoms in total. The fraction of sp³-hybridized carbons (Fsp3) is 0.400. The Morgan fingerprint density at radius 2 is 2.11 bits per heavy atom. The molecule has 154 valence electrons. The van der Waals surface area contributed by atoms with Crippen molar-refractivity contribution in [3.05, 3.63) is 54.0 Å². The van der Waals surface area contributed by atoms with Gasteiger partial charge in [0.05, 0.1) is 5.92 Å². The molecule has 2 aromatic rings. The number of pyridine rings is 1. The first kappa shape index (κ1) is 24.1. The van der Waals surface area contributed by atoms with E-state index in [9.17, 15) is 9.18 Å². The van der Waals surface area contributed by atoms with Crippen molar-refractivity contribution in [2.24, 2.45) is 11.7 Å².